The second-order valence-electron chi connectivity index (χ2n) is 10.8. The third-order valence-electron chi connectivity index (χ3n) is 7.38. The minimum atomic E-state index is -0.257. The lowest BCUT2D eigenvalue weighted by Gasteiger charge is -2.21. The summed E-state index contributed by atoms with van der Waals surface area (Å²) in [5.41, 5.74) is 14.8. The number of pyridine rings is 1. The number of nitrogens with one attached hydrogen (secondary N) is 2. The summed E-state index contributed by atoms with van der Waals surface area (Å²) in [6, 6.07) is 16.9. The van der Waals surface area contributed by atoms with Gasteiger partial charge in [0.05, 0.1) is 12.3 Å². The molecule has 0 fully saturated rings. The van der Waals surface area contributed by atoms with Gasteiger partial charge in [0.2, 0.25) is 0 Å². The highest BCUT2D eigenvalue weighted by Crippen LogP contribution is 2.30. The van der Waals surface area contributed by atoms with Crippen molar-refractivity contribution in [3.8, 4) is 0 Å². The first-order valence-electron chi connectivity index (χ1n) is 15.2. The molecule has 0 spiro atoms. The second-order valence-corrected chi connectivity index (χ2v) is 10.8. The van der Waals surface area contributed by atoms with Crippen molar-refractivity contribution in [1.82, 2.24) is 20.3 Å². The van der Waals surface area contributed by atoms with E-state index in [1.807, 2.05) is 20.0 Å². The van der Waals surface area contributed by atoms with Crippen LogP contribution in [-0.4, -0.2) is 28.2 Å². The minimum absolute atomic E-state index is 0.0712. The number of aromatic nitrogens is 3. The number of halogens is 1. The topological polar surface area (TPSA) is 98.0 Å². The molecule has 4 rings (SSSR count). The lowest BCUT2D eigenvalue weighted by Crippen LogP contribution is -2.18. The lowest BCUT2D eigenvalue weighted by atomic mass is 9.95. The number of nitrogens with two attached hydrogens (primary N) is 1. The first-order valence-corrected chi connectivity index (χ1v) is 15.2. The second kappa shape index (κ2) is 15.8. The summed E-state index contributed by atoms with van der Waals surface area (Å²) in [5.74, 6) is 0.949. The van der Waals surface area contributed by atoms with Crippen molar-refractivity contribution in [3.05, 3.63) is 125 Å². The van der Waals surface area contributed by atoms with Crippen LogP contribution >= 0.6 is 0 Å². The molecule has 2 heterocycles. The van der Waals surface area contributed by atoms with Gasteiger partial charge in [-0.2, -0.15) is 0 Å². The molecule has 0 saturated carbocycles. The standard InChI is InChI=1S/C36H43FN6O/c1-6-8-32(34-26(5)41-23-42-35(34)38)30-11-9-27(10-12-30)21-39-36-33(20-28(22-40-36)17-19-44-18-7-2)25(4)43-24(3)29-13-15-31(37)16-14-29/h8-16,20,22-24,43H,4,6-7,17-19,21H2,1-3,5H3,(H,39,40)(H2,38,41,42)/b32-8-. The van der Waals surface area contributed by atoms with E-state index in [-0.39, 0.29) is 11.9 Å². The van der Waals surface area contributed by atoms with E-state index in [2.05, 4.69) is 77.4 Å². The number of hydrogen-bond donors (Lipinski definition) is 3. The summed E-state index contributed by atoms with van der Waals surface area (Å²) in [4.78, 5) is 13.4. The predicted molar refractivity (Wildman–Crippen MR) is 178 cm³/mol. The molecule has 0 aliphatic rings. The molecule has 0 radical (unpaired) electrons. The Morgan fingerprint density at radius 2 is 1.77 bits per heavy atom. The fourth-order valence-electron chi connectivity index (χ4n) is 5.01. The van der Waals surface area contributed by atoms with Gasteiger partial charge in [-0.15, -0.1) is 0 Å². The van der Waals surface area contributed by atoms with Gasteiger partial charge in [-0.1, -0.05) is 62.9 Å². The molecule has 1 unspecified atom stereocenters. The summed E-state index contributed by atoms with van der Waals surface area (Å²) in [6.45, 7) is 14.5. The van der Waals surface area contributed by atoms with Crippen LogP contribution in [0.25, 0.3) is 11.3 Å². The number of anilines is 2. The van der Waals surface area contributed by atoms with Crippen LogP contribution in [0.1, 0.15) is 78.7 Å². The van der Waals surface area contributed by atoms with Crippen molar-refractivity contribution in [2.75, 3.05) is 24.3 Å². The van der Waals surface area contributed by atoms with Crippen LogP contribution in [0.2, 0.25) is 0 Å². The molecule has 230 valence electrons. The number of nitrogen functional groups attached to an aromatic ring is 1. The molecule has 4 N–H and O–H groups in total. The zero-order valence-corrected chi connectivity index (χ0v) is 26.2. The zero-order chi connectivity index (χ0) is 31.5. The largest absolute Gasteiger partial charge is 0.383 e. The maximum Gasteiger partial charge on any atom is 0.135 e. The third-order valence-corrected chi connectivity index (χ3v) is 7.38. The SMILES string of the molecule is C=C(NC(C)c1ccc(F)cc1)c1cc(CCOCCC)cnc1NCc1ccc(/C(=C/CC)c2c(C)ncnc2N)cc1. The van der Waals surface area contributed by atoms with Crippen molar-refractivity contribution in [1.29, 1.82) is 0 Å². The fourth-order valence-corrected chi connectivity index (χ4v) is 5.01. The smallest absolute Gasteiger partial charge is 0.135 e. The van der Waals surface area contributed by atoms with Gasteiger partial charge in [0.15, 0.2) is 0 Å². The molecule has 1 atom stereocenters. The summed E-state index contributed by atoms with van der Waals surface area (Å²) in [5, 5.41) is 6.99. The van der Waals surface area contributed by atoms with Gasteiger partial charge in [-0.05, 0) is 79.1 Å². The first kappa shape index (κ1) is 32.4. The number of allylic oxidation sites excluding steroid dienone is 1. The molecular weight excluding hydrogens is 551 g/mol. The van der Waals surface area contributed by atoms with Crippen molar-refractivity contribution in [2.24, 2.45) is 0 Å². The fraction of sp³-hybridized carbons (Fsp3) is 0.306. The van der Waals surface area contributed by atoms with E-state index < -0.39 is 0 Å². The van der Waals surface area contributed by atoms with Crippen LogP contribution in [-0.2, 0) is 17.7 Å². The van der Waals surface area contributed by atoms with Crippen LogP contribution in [0, 0.1) is 12.7 Å². The highest BCUT2D eigenvalue weighted by atomic mass is 19.1. The van der Waals surface area contributed by atoms with Crippen LogP contribution < -0.4 is 16.4 Å². The number of nitrogens with zero attached hydrogens (tertiary/aromatic N) is 3. The van der Waals surface area contributed by atoms with Crippen molar-refractivity contribution < 1.29 is 9.13 Å². The Morgan fingerprint density at radius 3 is 2.45 bits per heavy atom. The molecule has 0 saturated heterocycles. The highest BCUT2D eigenvalue weighted by Gasteiger charge is 2.15. The monoisotopic (exact) mass is 594 g/mol. The van der Waals surface area contributed by atoms with E-state index in [0.717, 1.165) is 82.0 Å². The molecule has 4 aromatic rings. The van der Waals surface area contributed by atoms with E-state index in [4.69, 9.17) is 15.5 Å². The van der Waals surface area contributed by atoms with Gasteiger partial charge in [-0.25, -0.2) is 19.3 Å². The van der Waals surface area contributed by atoms with E-state index in [0.29, 0.717) is 19.0 Å². The molecule has 7 nitrogen and oxygen atoms in total. The number of hydrogen-bond acceptors (Lipinski definition) is 7. The van der Waals surface area contributed by atoms with E-state index >= 15 is 0 Å². The van der Waals surface area contributed by atoms with Gasteiger partial charge in [-0.3, -0.25) is 0 Å². The average molecular weight is 595 g/mol. The lowest BCUT2D eigenvalue weighted by molar-refractivity contribution is 0.138. The van der Waals surface area contributed by atoms with Crippen LogP contribution in [0.15, 0.2) is 79.8 Å². The Labute approximate surface area is 260 Å². The predicted octanol–water partition coefficient (Wildman–Crippen LogP) is 7.65. The van der Waals surface area contributed by atoms with E-state index in [9.17, 15) is 4.39 Å². The van der Waals surface area contributed by atoms with E-state index in [1.54, 1.807) is 12.1 Å². The molecule has 2 aromatic heterocycles. The normalized spacial score (nSPS) is 12.2. The Kier molecular flexibility index (Phi) is 11.6. The Balaban J connectivity index is 1.52. The summed E-state index contributed by atoms with van der Waals surface area (Å²) in [7, 11) is 0. The molecule has 0 bridgehead atoms. The Hall–Kier alpha value is -4.56. The van der Waals surface area contributed by atoms with Crippen molar-refractivity contribution in [2.45, 2.75) is 59.5 Å². The number of benzene rings is 2. The van der Waals surface area contributed by atoms with Gasteiger partial charge in [0.1, 0.15) is 23.8 Å². The summed E-state index contributed by atoms with van der Waals surface area (Å²) < 4.78 is 19.2. The maximum absolute atomic E-state index is 13.5. The minimum Gasteiger partial charge on any atom is -0.383 e. The van der Waals surface area contributed by atoms with E-state index in [1.165, 1.54) is 18.5 Å². The Morgan fingerprint density at radius 1 is 1.02 bits per heavy atom. The van der Waals surface area contributed by atoms with Gasteiger partial charge in [0.25, 0.3) is 0 Å². The summed E-state index contributed by atoms with van der Waals surface area (Å²) in [6.07, 6.45) is 8.14. The number of rotatable bonds is 15. The van der Waals surface area contributed by atoms with Crippen LogP contribution in [0.4, 0.5) is 16.0 Å². The third kappa shape index (κ3) is 8.51. The van der Waals surface area contributed by atoms with Crippen LogP contribution in [0.5, 0.6) is 0 Å². The average Bonchev–Trinajstić information content (AvgIpc) is 3.02. The van der Waals surface area contributed by atoms with Crippen molar-refractivity contribution >= 4 is 22.9 Å². The Bertz CT molecular complexity index is 1550. The molecule has 8 heteroatoms. The molecule has 0 aliphatic carbocycles. The van der Waals surface area contributed by atoms with Crippen LogP contribution in [0.3, 0.4) is 0 Å². The van der Waals surface area contributed by atoms with Gasteiger partial charge < -0.3 is 21.1 Å². The maximum atomic E-state index is 13.5. The molecule has 0 aliphatic heterocycles. The molecule has 44 heavy (non-hydrogen) atoms. The molecular formula is C36H43FN6O. The first-order chi connectivity index (χ1) is 21.3. The number of aryl methyl sites for hydroxylation is 1. The van der Waals surface area contributed by atoms with Gasteiger partial charge >= 0.3 is 0 Å². The quantitative estimate of drug-likeness (QED) is 0.122. The zero-order valence-electron chi connectivity index (χ0n) is 26.2. The van der Waals surface area contributed by atoms with Gasteiger partial charge in [0, 0.05) is 42.2 Å². The molecule has 0 amide bonds. The highest BCUT2D eigenvalue weighted by molar-refractivity contribution is 5.85. The van der Waals surface area contributed by atoms with Crippen molar-refractivity contribution in [3.63, 3.8) is 0 Å². The molecule has 2 aromatic carbocycles. The summed E-state index contributed by atoms with van der Waals surface area (Å²) >= 11 is 0. The number of ether oxygens (including phenoxy) is 1.